The first-order valence-electron chi connectivity index (χ1n) is 6.71. The zero-order valence-corrected chi connectivity index (χ0v) is 10.5. The lowest BCUT2D eigenvalue weighted by atomic mass is 9.48. The van der Waals surface area contributed by atoms with Gasteiger partial charge in [-0.2, -0.15) is 5.10 Å². The largest absolute Gasteiger partial charge is 0.369 e. The number of hydrogen-bond donors (Lipinski definition) is 2. The highest BCUT2D eigenvalue weighted by molar-refractivity contribution is 5.89. The fraction of sp³-hybridized carbons (Fsp3) is 0.846. The lowest BCUT2D eigenvalue weighted by Crippen LogP contribution is -2.49. The van der Waals surface area contributed by atoms with Crippen LogP contribution in [-0.2, 0) is 0 Å². The van der Waals surface area contributed by atoms with Crippen LogP contribution in [0.5, 0.6) is 0 Å². The Balaban J connectivity index is 1.86. The molecule has 94 valence electrons. The molecule has 0 radical (unpaired) electrons. The number of nitrogens with zero attached hydrogens (tertiary/aromatic N) is 2. The lowest BCUT2D eigenvalue weighted by Gasteiger charge is -2.56. The first-order valence-corrected chi connectivity index (χ1v) is 6.71. The molecule has 4 heteroatoms. The van der Waals surface area contributed by atoms with Gasteiger partial charge in [-0.3, -0.25) is 0 Å². The molecule has 0 spiro atoms. The summed E-state index contributed by atoms with van der Waals surface area (Å²) in [6.07, 6.45) is 8.30. The molecule has 4 saturated carbocycles. The van der Waals surface area contributed by atoms with E-state index in [9.17, 15) is 0 Å². The minimum atomic E-state index is 0.0640. The summed E-state index contributed by atoms with van der Waals surface area (Å²) in [6.45, 7) is 2.11. The Morgan fingerprint density at radius 1 is 0.941 bits per heavy atom. The Morgan fingerprint density at radius 2 is 1.41 bits per heavy atom. The Morgan fingerprint density at radius 3 is 1.82 bits per heavy atom. The summed E-state index contributed by atoms with van der Waals surface area (Å²) < 4.78 is 0. The van der Waals surface area contributed by atoms with Crippen molar-refractivity contribution >= 4 is 11.7 Å². The molecule has 4 aliphatic carbocycles. The van der Waals surface area contributed by atoms with Crippen LogP contribution in [0.2, 0.25) is 0 Å². The molecule has 4 aliphatic rings. The summed E-state index contributed by atoms with van der Waals surface area (Å²) in [7, 11) is 0. The third-order valence-corrected chi connectivity index (χ3v) is 5.12. The summed E-state index contributed by atoms with van der Waals surface area (Å²) in [5.41, 5.74) is 12.2. The molecule has 0 aliphatic heterocycles. The molecular formula is C13H22N4. The molecule has 0 unspecified atom stereocenters. The van der Waals surface area contributed by atoms with Gasteiger partial charge in [0.2, 0.25) is 5.96 Å². The second-order valence-corrected chi connectivity index (χ2v) is 6.41. The van der Waals surface area contributed by atoms with E-state index in [2.05, 4.69) is 17.1 Å². The maximum atomic E-state index is 5.35. The Bertz CT molecular complexity index is 344. The fourth-order valence-corrected chi connectivity index (χ4v) is 4.79. The lowest BCUT2D eigenvalue weighted by molar-refractivity contribution is -0.0127. The monoisotopic (exact) mass is 234 g/mol. The van der Waals surface area contributed by atoms with E-state index in [0.717, 1.165) is 23.5 Å². The van der Waals surface area contributed by atoms with E-state index in [1.54, 1.807) is 0 Å². The van der Waals surface area contributed by atoms with E-state index in [4.69, 9.17) is 11.5 Å². The van der Waals surface area contributed by atoms with Gasteiger partial charge in [0.15, 0.2) is 0 Å². The van der Waals surface area contributed by atoms with Gasteiger partial charge < -0.3 is 11.5 Å². The van der Waals surface area contributed by atoms with Crippen LogP contribution in [0.1, 0.15) is 45.4 Å². The van der Waals surface area contributed by atoms with Gasteiger partial charge in [0.25, 0.3) is 0 Å². The van der Waals surface area contributed by atoms with E-state index >= 15 is 0 Å². The smallest absolute Gasteiger partial charge is 0.211 e. The molecule has 4 nitrogen and oxygen atoms in total. The third-order valence-electron chi connectivity index (χ3n) is 5.12. The van der Waals surface area contributed by atoms with Crippen molar-refractivity contribution in [1.82, 2.24) is 0 Å². The van der Waals surface area contributed by atoms with Gasteiger partial charge in [0.05, 0.1) is 0 Å². The average Bonchev–Trinajstić information content (AvgIpc) is 2.23. The van der Waals surface area contributed by atoms with Crippen LogP contribution < -0.4 is 11.5 Å². The summed E-state index contributed by atoms with van der Waals surface area (Å²) in [5.74, 6) is 2.87. The van der Waals surface area contributed by atoms with Crippen molar-refractivity contribution in [3.05, 3.63) is 0 Å². The Kier molecular flexibility index (Phi) is 2.42. The molecule has 0 amide bonds. The van der Waals surface area contributed by atoms with Crippen LogP contribution in [-0.4, -0.2) is 11.7 Å². The molecule has 4 fully saturated rings. The zero-order valence-electron chi connectivity index (χ0n) is 10.5. The van der Waals surface area contributed by atoms with E-state index in [0.29, 0.717) is 5.41 Å². The molecule has 0 atom stereocenters. The molecule has 0 heterocycles. The first kappa shape index (κ1) is 11.1. The van der Waals surface area contributed by atoms with Crippen LogP contribution >= 0.6 is 0 Å². The summed E-state index contributed by atoms with van der Waals surface area (Å²) >= 11 is 0. The first-order chi connectivity index (χ1) is 8.07. The van der Waals surface area contributed by atoms with E-state index in [1.807, 2.05) is 0 Å². The predicted octanol–water partition coefficient (Wildman–Crippen LogP) is 1.85. The summed E-state index contributed by atoms with van der Waals surface area (Å²) in [4.78, 5) is 0. The summed E-state index contributed by atoms with van der Waals surface area (Å²) in [5, 5.41) is 8.11. The standard InChI is InChI=1S/C13H22N4/c1-8(16-17-12(14)15)13-5-9-2-10(6-13)4-11(3-9)7-13/h9-11H,2-7H2,1H3,(H4,14,15,17). The predicted molar refractivity (Wildman–Crippen MR) is 69.5 cm³/mol. The van der Waals surface area contributed by atoms with Gasteiger partial charge in [-0.05, 0) is 63.2 Å². The van der Waals surface area contributed by atoms with Gasteiger partial charge in [-0.25, -0.2) is 0 Å². The van der Waals surface area contributed by atoms with Crippen molar-refractivity contribution in [2.45, 2.75) is 45.4 Å². The highest BCUT2D eigenvalue weighted by Crippen LogP contribution is 2.60. The molecule has 0 aromatic rings. The van der Waals surface area contributed by atoms with Gasteiger partial charge in [0.1, 0.15) is 0 Å². The van der Waals surface area contributed by atoms with Crippen molar-refractivity contribution in [3.63, 3.8) is 0 Å². The van der Waals surface area contributed by atoms with Crippen LogP contribution in [0.4, 0.5) is 0 Å². The Hall–Kier alpha value is -1.06. The molecule has 0 aromatic carbocycles. The number of hydrogen-bond acceptors (Lipinski definition) is 2. The number of nitrogens with two attached hydrogens (primary N) is 2. The SMILES string of the molecule is CC(=NN=C(N)N)C12CC3CC(CC(C3)C1)C2. The topological polar surface area (TPSA) is 76.8 Å². The zero-order chi connectivity index (χ0) is 12.0. The minimum absolute atomic E-state index is 0.0640. The third kappa shape index (κ3) is 1.83. The molecule has 4 N–H and O–H groups in total. The quantitative estimate of drug-likeness (QED) is 0.434. The normalized spacial score (nSPS) is 43.8. The maximum absolute atomic E-state index is 5.35. The molecule has 4 bridgehead atoms. The van der Waals surface area contributed by atoms with Crippen molar-refractivity contribution in [2.24, 2.45) is 44.8 Å². The summed E-state index contributed by atoms with van der Waals surface area (Å²) in [6, 6.07) is 0. The molecule has 4 rings (SSSR count). The molecular weight excluding hydrogens is 212 g/mol. The van der Waals surface area contributed by atoms with Crippen molar-refractivity contribution in [1.29, 1.82) is 0 Å². The Labute approximate surface area is 103 Å². The fourth-order valence-electron chi connectivity index (χ4n) is 4.79. The second kappa shape index (κ2) is 3.72. The van der Waals surface area contributed by atoms with E-state index < -0.39 is 0 Å². The van der Waals surface area contributed by atoms with Gasteiger partial charge in [-0.1, -0.05) is 0 Å². The van der Waals surface area contributed by atoms with E-state index in [-0.39, 0.29) is 5.96 Å². The van der Waals surface area contributed by atoms with Crippen LogP contribution in [0.25, 0.3) is 0 Å². The van der Waals surface area contributed by atoms with Gasteiger partial charge >= 0.3 is 0 Å². The number of guanidine groups is 1. The minimum Gasteiger partial charge on any atom is -0.369 e. The highest BCUT2D eigenvalue weighted by atomic mass is 15.3. The van der Waals surface area contributed by atoms with E-state index in [1.165, 1.54) is 38.5 Å². The van der Waals surface area contributed by atoms with Crippen molar-refractivity contribution < 1.29 is 0 Å². The molecule has 0 aromatic heterocycles. The van der Waals surface area contributed by atoms with Crippen LogP contribution in [0.15, 0.2) is 10.2 Å². The highest BCUT2D eigenvalue weighted by Gasteiger charge is 2.52. The maximum Gasteiger partial charge on any atom is 0.211 e. The van der Waals surface area contributed by atoms with Crippen molar-refractivity contribution in [3.8, 4) is 0 Å². The van der Waals surface area contributed by atoms with Gasteiger partial charge in [-0.15, -0.1) is 5.10 Å². The van der Waals surface area contributed by atoms with Gasteiger partial charge in [0, 0.05) is 11.1 Å². The van der Waals surface area contributed by atoms with Crippen molar-refractivity contribution in [2.75, 3.05) is 0 Å². The van der Waals surface area contributed by atoms with Crippen LogP contribution in [0.3, 0.4) is 0 Å². The average molecular weight is 234 g/mol. The molecule has 17 heavy (non-hydrogen) atoms. The molecule has 0 saturated heterocycles. The number of rotatable bonds is 2. The van der Waals surface area contributed by atoms with Crippen LogP contribution in [0, 0.1) is 23.2 Å². The second-order valence-electron chi connectivity index (χ2n) is 6.41.